The number of alkyl halides is 3. The first kappa shape index (κ1) is 18.0. The standard InChI is InChI=1S/C19H20F3N3O2/c20-19(21,22)13-4-3-5-14(12-13)25-16-7-2-1-6-15(16)17(23-25)18(26)24-8-10-27-11-9-24/h3-5,12H,1-2,6-11H2. The quantitative estimate of drug-likeness (QED) is 0.805. The largest absolute Gasteiger partial charge is 0.416 e. The van der Waals surface area contributed by atoms with Gasteiger partial charge in [0.25, 0.3) is 5.91 Å². The van der Waals surface area contributed by atoms with E-state index in [0.717, 1.165) is 42.7 Å². The first-order valence-electron chi connectivity index (χ1n) is 9.10. The number of nitrogens with zero attached hydrogens (tertiary/aromatic N) is 3. The van der Waals surface area contributed by atoms with Gasteiger partial charge in [-0.3, -0.25) is 4.79 Å². The summed E-state index contributed by atoms with van der Waals surface area (Å²) >= 11 is 0. The summed E-state index contributed by atoms with van der Waals surface area (Å²) in [6.07, 6.45) is -1.11. The third-order valence-electron chi connectivity index (χ3n) is 5.10. The van der Waals surface area contributed by atoms with Crippen LogP contribution >= 0.6 is 0 Å². The van der Waals surface area contributed by atoms with Gasteiger partial charge >= 0.3 is 6.18 Å². The molecule has 0 radical (unpaired) electrons. The van der Waals surface area contributed by atoms with Gasteiger partial charge in [0.15, 0.2) is 5.69 Å². The van der Waals surface area contributed by atoms with Crippen molar-refractivity contribution in [3.05, 3.63) is 46.8 Å². The van der Waals surface area contributed by atoms with Gasteiger partial charge in [0.2, 0.25) is 0 Å². The zero-order valence-corrected chi connectivity index (χ0v) is 14.8. The average molecular weight is 379 g/mol. The molecule has 144 valence electrons. The van der Waals surface area contributed by atoms with Crippen molar-refractivity contribution in [2.45, 2.75) is 31.9 Å². The van der Waals surface area contributed by atoms with Crippen LogP contribution in [0, 0.1) is 0 Å². The summed E-state index contributed by atoms with van der Waals surface area (Å²) in [5.41, 5.74) is 1.70. The van der Waals surface area contributed by atoms with Crippen LogP contribution in [0.3, 0.4) is 0 Å². The lowest BCUT2D eigenvalue weighted by Crippen LogP contribution is -2.41. The number of carbonyl (C=O) groups excluding carboxylic acids is 1. The summed E-state index contributed by atoms with van der Waals surface area (Å²) < 4.78 is 46.1. The number of hydrogen-bond donors (Lipinski definition) is 0. The maximum Gasteiger partial charge on any atom is 0.416 e. The second-order valence-electron chi connectivity index (χ2n) is 6.85. The van der Waals surface area contributed by atoms with Gasteiger partial charge in [-0.25, -0.2) is 4.68 Å². The number of carbonyl (C=O) groups is 1. The maximum atomic E-state index is 13.1. The third kappa shape index (κ3) is 3.45. The van der Waals surface area contributed by atoms with Crippen molar-refractivity contribution in [3.8, 4) is 5.69 Å². The Kier molecular flexibility index (Phi) is 4.67. The molecule has 2 aromatic rings. The topological polar surface area (TPSA) is 47.4 Å². The van der Waals surface area contributed by atoms with Crippen molar-refractivity contribution in [1.82, 2.24) is 14.7 Å². The van der Waals surface area contributed by atoms with E-state index >= 15 is 0 Å². The highest BCUT2D eigenvalue weighted by molar-refractivity contribution is 5.94. The Morgan fingerprint density at radius 1 is 1.11 bits per heavy atom. The minimum absolute atomic E-state index is 0.165. The van der Waals surface area contributed by atoms with Gasteiger partial charge in [-0.15, -0.1) is 0 Å². The van der Waals surface area contributed by atoms with Gasteiger partial charge in [-0.1, -0.05) is 6.07 Å². The number of halogens is 3. The summed E-state index contributed by atoms with van der Waals surface area (Å²) in [6, 6.07) is 5.10. The number of aromatic nitrogens is 2. The van der Waals surface area contributed by atoms with E-state index in [-0.39, 0.29) is 5.91 Å². The lowest BCUT2D eigenvalue weighted by Gasteiger charge is -2.26. The second-order valence-corrected chi connectivity index (χ2v) is 6.85. The fourth-order valence-electron chi connectivity index (χ4n) is 3.71. The predicted molar refractivity (Wildman–Crippen MR) is 91.9 cm³/mol. The van der Waals surface area contributed by atoms with Crippen LogP contribution in [0.5, 0.6) is 0 Å². The molecule has 0 spiro atoms. The molecule has 0 N–H and O–H groups in total. The van der Waals surface area contributed by atoms with Crippen LogP contribution < -0.4 is 0 Å². The zero-order chi connectivity index (χ0) is 19.0. The number of morpholine rings is 1. The molecule has 2 heterocycles. The molecule has 0 bridgehead atoms. The Bertz CT molecular complexity index is 854. The fourth-order valence-corrected chi connectivity index (χ4v) is 3.71. The lowest BCUT2D eigenvalue weighted by atomic mass is 9.95. The van der Waals surface area contributed by atoms with Crippen molar-refractivity contribution < 1.29 is 22.7 Å². The Hall–Kier alpha value is -2.35. The lowest BCUT2D eigenvalue weighted by molar-refractivity contribution is -0.137. The van der Waals surface area contributed by atoms with E-state index in [1.807, 2.05) is 0 Å². The monoisotopic (exact) mass is 379 g/mol. The molecule has 2 aliphatic rings. The minimum Gasteiger partial charge on any atom is -0.378 e. The van der Waals surface area contributed by atoms with Crippen LogP contribution in [-0.4, -0.2) is 46.9 Å². The van der Waals surface area contributed by atoms with Crippen molar-refractivity contribution in [3.63, 3.8) is 0 Å². The van der Waals surface area contributed by atoms with Gasteiger partial charge in [0.1, 0.15) is 0 Å². The number of ether oxygens (including phenoxy) is 1. The van der Waals surface area contributed by atoms with E-state index in [1.54, 1.807) is 11.0 Å². The Labute approximate surface area is 154 Å². The van der Waals surface area contributed by atoms with Crippen molar-refractivity contribution >= 4 is 5.91 Å². The van der Waals surface area contributed by atoms with E-state index in [1.165, 1.54) is 10.7 Å². The molecule has 1 aliphatic heterocycles. The number of rotatable bonds is 2. The Morgan fingerprint density at radius 2 is 1.85 bits per heavy atom. The Balaban J connectivity index is 1.76. The summed E-state index contributed by atoms with van der Waals surface area (Å²) in [4.78, 5) is 14.7. The minimum atomic E-state index is -4.42. The molecular formula is C19H20F3N3O2. The van der Waals surface area contributed by atoms with Gasteiger partial charge in [0.05, 0.1) is 24.5 Å². The molecular weight excluding hydrogens is 359 g/mol. The molecule has 1 fully saturated rings. The van der Waals surface area contributed by atoms with E-state index < -0.39 is 11.7 Å². The zero-order valence-electron chi connectivity index (χ0n) is 14.8. The van der Waals surface area contributed by atoms with Gasteiger partial charge in [-0.2, -0.15) is 18.3 Å². The Morgan fingerprint density at radius 3 is 2.59 bits per heavy atom. The van der Waals surface area contributed by atoms with Crippen LogP contribution in [0.2, 0.25) is 0 Å². The van der Waals surface area contributed by atoms with Gasteiger partial charge < -0.3 is 9.64 Å². The highest BCUT2D eigenvalue weighted by atomic mass is 19.4. The molecule has 8 heteroatoms. The fraction of sp³-hybridized carbons (Fsp3) is 0.474. The van der Waals surface area contributed by atoms with E-state index in [9.17, 15) is 18.0 Å². The third-order valence-corrected chi connectivity index (χ3v) is 5.10. The smallest absolute Gasteiger partial charge is 0.378 e. The molecule has 1 saturated heterocycles. The number of amides is 1. The molecule has 4 rings (SSSR count). The predicted octanol–water partition coefficient (Wildman–Crippen LogP) is 3.24. The number of hydrogen-bond acceptors (Lipinski definition) is 3. The van der Waals surface area contributed by atoms with Crippen molar-refractivity contribution in [2.75, 3.05) is 26.3 Å². The van der Waals surface area contributed by atoms with E-state index in [0.29, 0.717) is 44.1 Å². The van der Waals surface area contributed by atoms with Crippen LogP contribution in [0.1, 0.15) is 40.2 Å². The van der Waals surface area contributed by atoms with Crippen molar-refractivity contribution in [1.29, 1.82) is 0 Å². The maximum absolute atomic E-state index is 13.1. The van der Waals surface area contributed by atoms with Gasteiger partial charge in [0, 0.05) is 24.3 Å². The van der Waals surface area contributed by atoms with Crippen LogP contribution in [0.4, 0.5) is 13.2 Å². The van der Waals surface area contributed by atoms with Crippen LogP contribution in [0.15, 0.2) is 24.3 Å². The molecule has 27 heavy (non-hydrogen) atoms. The summed E-state index contributed by atoms with van der Waals surface area (Å²) in [6.45, 7) is 1.98. The molecule has 1 aliphatic carbocycles. The molecule has 0 saturated carbocycles. The highest BCUT2D eigenvalue weighted by Crippen LogP contribution is 2.32. The molecule has 1 aromatic carbocycles. The summed E-state index contributed by atoms with van der Waals surface area (Å²) in [5, 5.41) is 4.48. The highest BCUT2D eigenvalue weighted by Gasteiger charge is 2.32. The summed E-state index contributed by atoms with van der Waals surface area (Å²) in [5.74, 6) is -0.165. The molecule has 1 amide bonds. The molecule has 0 unspecified atom stereocenters. The molecule has 0 atom stereocenters. The number of benzene rings is 1. The van der Waals surface area contributed by atoms with E-state index in [4.69, 9.17) is 4.74 Å². The number of fused-ring (bicyclic) bond motifs is 1. The first-order chi connectivity index (χ1) is 12.9. The first-order valence-corrected chi connectivity index (χ1v) is 9.10. The van der Waals surface area contributed by atoms with Crippen LogP contribution in [-0.2, 0) is 23.8 Å². The average Bonchev–Trinajstić information content (AvgIpc) is 3.07. The van der Waals surface area contributed by atoms with Crippen LogP contribution in [0.25, 0.3) is 5.69 Å². The summed E-state index contributed by atoms with van der Waals surface area (Å²) in [7, 11) is 0. The van der Waals surface area contributed by atoms with E-state index in [2.05, 4.69) is 5.10 Å². The van der Waals surface area contributed by atoms with Gasteiger partial charge in [-0.05, 0) is 43.9 Å². The SMILES string of the molecule is O=C(c1nn(-c2cccc(C(F)(F)F)c2)c2c1CCCC2)N1CCOCC1. The van der Waals surface area contributed by atoms with Crippen molar-refractivity contribution in [2.24, 2.45) is 0 Å². The molecule has 1 aromatic heterocycles. The second kappa shape index (κ2) is 6.99. The normalized spacial score (nSPS) is 17.7. The molecule has 5 nitrogen and oxygen atoms in total.